The SMILES string of the molecule is CN(C)C1CC(N)Cc2sccc21. The van der Waals surface area contributed by atoms with Gasteiger partial charge in [-0.05, 0) is 43.9 Å². The van der Waals surface area contributed by atoms with Gasteiger partial charge in [-0.25, -0.2) is 0 Å². The Kier molecular flexibility index (Phi) is 2.41. The van der Waals surface area contributed by atoms with Crippen LogP contribution in [0, 0.1) is 0 Å². The summed E-state index contributed by atoms with van der Waals surface area (Å²) in [7, 11) is 4.26. The van der Waals surface area contributed by atoms with Crippen LogP contribution in [0.2, 0.25) is 0 Å². The molecule has 0 bridgehead atoms. The molecule has 0 radical (unpaired) electrons. The van der Waals surface area contributed by atoms with Gasteiger partial charge in [0.1, 0.15) is 0 Å². The minimum atomic E-state index is 0.346. The second kappa shape index (κ2) is 3.40. The first kappa shape index (κ1) is 9.19. The Morgan fingerprint density at radius 1 is 1.54 bits per heavy atom. The summed E-state index contributed by atoms with van der Waals surface area (Å²) >= 11 is 1.84. The predicted molar refractivity (Wildman–Crippen MR) is 57.0 cm³/mol. The largest absolute Gasteiger partial charge is 0.327 e. The lowest BCUT2D eigenvalue weighted by Crippen LogP contribution is -2.34. The molecule has 2 atom stereocenters. The minimum absolute atomic E-state index is 0.346. The van der Waals surface area contributed by atoms with Crippen LogP contribution in [0.15, 0.2) is 11.4 Å². The van der Waals surface area contributed by atoms with Crippen molar-refractivity contribution in [3.63, 3.8) is 0 Å². The van der Waals surface area contributed by atoms with Gasteiger partial charge < -0.3 is 10.6 Å². The topological polar surface area (TPSA) is 29.3 Å². The maximum atomic E-state index is 6.02. The second-order valence-electron chi connectivity index (χ2n) is 3.98. The van der Waals surface area contributed by atoms with E-state index < -0.39 is 0 Å². The van der Waals surface area contributed by atoms with E-state index in [9.17, 15) is 0 Å². The lowest BCUT2D eigenvalue weighted by Gasteiger charge is -2.31. The average molecular weight is 196 g/mol. The molecule has 3 heteroatoms. The number of fused-ring (bicyclic) bond motifs is 1. The molecular weight excluding hydrogens is 180 g/mol. The van der Waals surface area contributed by atoms with E-state index in [1.54, 1.807) is 0 Å². The molecule has 1 aliphatic rings. The quantitative estimate of drug-likeness (QED) is 0.739. The van der Waals surface area contributed by atoms with E-state index in [2.05, 4.69) is 30.4 Å². The molecule has 0 aliphatic heterocycles. The summed E-state index contributed by atoms with van der Waals surface area (Å²) in [6.07, 6.45) is 2.16. The van der Waals surface area contributed by atoms with Crippen molar-refractivity contribution < 1.29 is 0 Å². The van der Waals surface area contributed by atoms with Gasteiger partial charge in [-0.1, -0.05) is 0 Å². The van der Waals surface area contributed by atoms with Gasteiger partial charge in [-0.15, -0.1) is 11.3 Å². The Morgan fingerprint density at radius 2 is 2.31 bits per heavy atom. The molecular formula is C10H16N2S. The third-order valence-corrected chi connectivity index (χ3v) is 3.69. The molecule has 0 aromatic carbocycles. The molecule has 72 valence electrons. The van der Waals surface area contributed by atoms with Crippen molar-refractivity contribution in [1.29, 1.82) is 0 Å². The Balaban J connectivity index is 2.32. The molecule has 2 nitrogen and oxygen atoms in total. The fourth-order valence-electron chi connectivity index (χ4n) is 2.04. The molecule has 0 saturated heterocycles. The van der Waals surface area contributed by atoms with Gasteiger partial charge in [0, 0.05) is 17.0 Å². The van der Waals surface area contributed by atoms with Crippen LogP contribution >= 0.6 is 11.3 Å². The maximum Gasteiger partial charge on any atom is 0.0367 e. The van der Waals surface area contributed by atoms with Gasteiger partial charge in [-0.2, -0.15) is 0 Å². The minimum Gasteiger partial charge on any atom is -0.327 e. The first-order chi connectivity index (χ1) is 6.18. The Morgan fingerprint density at radius 3 is 3.00 bits per heavy atom. The molecule has 1 aliphatic carbocycles. The van der Waals surface area contributed by atoms with Gasteiger partial charge in [0.05, 0.1) is 0 Å². The van der Waals surface area contributed by atoms with Crippen LogP contribution in [0.4, 0.5) is 0 Å². The third-order valence-electron chi connectivity index (χ3n) is 2.74. The highest BCUT2D eigenvalue weighted by atomic mass is 32.1. The van der Waals surface area contributed by atoms with Crippen molar-refractivity contribution in [3.05, 3.63) is 21.9 Å². The maximum absolute atomic E-state index is 6.02. The predicted octanol–water partition coefficient (Wildman–Crippen LogP) is 1.62. The van der Waals surface area contributed by atoms with E-state index in [1.807, 2.05) is 11.3 Å². The zero-order chi connectivity index (χ0) is 9.42. The summed E-state index contributed by atoms with van der Waals surface area (Å²) in [5.74, 6) is 0. The summed E-state index contributed by atoms with van der Waals surface area (Å²) < 4.78 is 0. The zero-order valence-electron chi connectivity index (χ0n) is 8.16. The van der Waals surface area contributed by atoms with Crippen LogP contribution in [0.5, 0.6) is 0 Å². The highest BCUT2D eigenvalue weighted by Crippen LogP contribution is 2.35. The molecule has 1 aromatic rings. The van der Waals surface area contributed by atoms with Gasteiger partial charge in [-0.3, -0.25) is 0 Å². The molecule has 0 spiro atoms. The molecule has 0 amide bonds. The molecule has 13 heavy (non-hydrogen) atoms. The summed E-state index contributed by atoms with van der Waals surface area (Å²) in [5.41, 5.74) is 7.51. The van der Waals surface area contributed by atoms with Crippen molar-refractivity contribution >= 4 is 11.3 Å². The Bertz CT molecular complexity index is 293. The highest BCUT2D eigenvalue weighted by molar-refractivity contribution is 7.10. The van der Waals surface area contributed by atoms with Crippen LogP contribution in [0.3, 0.4) is 0 Å². The number of rotatable bonds is 1. The van der Waals surface area contributed by atoms with Crippen molar-refractivity contribution in [3.8, 4) is 0 Å². The van der Waals surface area contributed by atoms with Gasteiger partial charge in [0.25, 0.3) is 0 Å². The van der Waals surface area contributed by atoms with Crippen molar-refractivity contribution in [2.45, 2.75) is 24.9 Å². The van der Waals surface area contributed by atoms with Crippen molar-refractivity contribution in [1.82, 2.24) is 4.90 Å². The highest BCUT2D eigenvalue weighted by Gasteiger charge is 2.26. The smallest absolute Gasteiger partial charge is 0.0367 e. The van der Waals surface area contributed by atoms with Crippen LogP contribution in [0.25, 0.3) is 0 Å². The lowest BCUT2D eigenvalue weighted by molar-refractivity contribution is 0.257. The number of hydrogen-bond donors (Lipinski definition) is 1. The fraction of sp³-hybridized carbons (Fsp3) is 0.600. The number of thiophene rings is 1. The normalized spacial score (nSPS) is 27.7. The van der Waals surface area contributed by atoms with Crippen molar-refractivity contribution in [2.24, 2.45) is 5.73 Å². The van der Waals surface area contributed by atoms with Crippen LogP contribution < -0.4 is 5.73 Å². The Hall–Kier alpha value is -0.380. The van der Waals surface area contributed by atoms with E-state index in [0.717, 1.165) is 12.8 Å². The number of hydrogen-bond acceptors (Lipinski definition) is 3. The molecule has 1 heterocycles. The summed E-state index contributed by atoms with van der Waals surface area (Å²) in [6, 6.07) is 3.12. The monoisotopic (exact) mass is 196 g/mol. The first-order valence-corrected chi connectivity index (χ1v) is 5.54. The Labute approximate surface area is 83.4 Å². The molecule has 2 rings (SSSR count). The third kappa shape index (κ3) is 1.64. The molecule has 2 N–H and O–H groups in total. The molecule has 0 fully saturated rings. The van der Waals surface area contributed by atoms with E-state index in [4.69, 9.17) is 5.73 Å². The molecule has 0 saturated carbocycles. The standard InChI is InChI=1S/C10H16N2S/c1-12(2)9-5-7(11)6-10-8(9)3-4-13-10/h3-4,7,9H,5-6,11H2,1-2H3. The summed E-state index contributed by atoms with van der Waals surface area (Å²) in [6.45, 7) is 0. The fourth-order valence-corrected chi connectivity index (χ4v) is 3.07. The van der Waals surface area contributed by atoms with Gasteiger partial charge in [0.15, 0.2) is 0 Å². The van der Waals surface area contributed by atoms with Crippen LogP contribution in [-0.4, -0.2) is 25.0 Å². The molecule has 1 aromatic heterocycles. The van der Waals surface area contributed by atoms with Crippen molar-refractivity contribution in [2.75, 3.05) is 14.1 Å². The molecule has 2 unspecified atom stereocenters. The lowest BCUT2D eigenvalue weighted by atomic mass is 9.90. The van der Waals surface area contributed by atoms with Crippen LogP contribution in [-0.2, 0) is 6.42 Å². The first-order valence-electron chi connectivity index (χ1n) is 4.66. The van der Waals surface area contributed by atoms with E-state index in [1.165, 1.54) is 10.4 Å². The van der Waals surface area contributed by atoms with E-state index in [-0.39, 0.29) is 0 Å². The second-order valence-corrected chi connectivity index (χ2v) is 4.98. The number of nitrogens with two attached hydrogens (primary N) is 1. The van der Waals surface area contributed by atoms with Crippen LogP contribution in [0.1, 0.15) is 22.9 Å². The van der Waals surface area contributed by atoms with E-state index >= 15 is 0 Å². The number of nitrogens with zero attached hydrogens (tertiary/aromatic N) is 1. The average Bonchev–Trinajstić information content (AvgIpc) is 2.49. The summed E-state index contributed by atoms with van der Waals surface area (Å²) in [4.78, 5) is 3.75. The summed E-state index contributed by atoms with van der Waals surface area (Å²) in [5, 5.41) is 2.18. The van der Waals surface area contributed by atoms with E-state index in [0.29, 0.717) is 12.1 Å². The van der Waals surface area contributed by atoms with Gasteiger partial charge in [0.2, 0.25) is 0 Å². The zero-order valence-corrected chi connectivity index (χ0v) is 8.97. The van der Waals surface area contributed by atoms with Gasteiger partial charge >= 0.3 is 0 Å².